The molecule has 1 aromatic carbocycles. The molecular formula is C11H9F3O3. The van der Waals surface area contributed by atoms with Gasteiger partial charge in [-0.3, -0.25) is 4.79 Å². The first-order valence-corrected chi connectivity index (χ1v) is 4.98. The third-order valence-electron chi connectivity index (χ3n) is 2.43. The van der Waals surface area contributed by atoms with E-state index in [0.29, 0.717) is 18.6 Å². The first kappa shape index (κ1) is 11.8. The molecule has 0 N–H and O–H groups in total. The molecule has 17 heavy (non-hydrogen) atoms. The van der Waals surface area contributed by atoms with Gasteiger partial charge in [-0.15, -0.1) is 13.2 Å². The quantitative estimate of drug-likeness (QED) is 0.752. The summed E-state index contributed by atoms with van der Waals surface area (Å²) < 4.78 is 44.6. The molecule has 1 saturated heterocycles. The molecule has 1 atom stereocenters. The van der Waals surface area contributed by atoms with Crippen LogP contribution >= 0.6 is 0 Å². The van der Waals surface area contributed by atoms with Crippen LogP contribution in [0.4, 0.5) is 13.2 Å². The molecule has 0 saturated carbocycles. The van der Waals surface area contributed by atoms with Crippen molar-refractivity contribution in [3.63, 3.8) is 0 Å². The molecule has 0 radical (unpaired) electrons. The van der Waals surface area contributed by atoms with Gasteiger partial charge < -0.3 is 9.47 Å². The highest BCUT2D eigenvalue weighted by Gasteiger charge is 2.32. The molecule has 1 heterocycles. The topological polar surface area (TPSA) is 35.5 Å². The number of alkyl halides is 3. The van der Waals surface area contributed by atoms with Crippen LogP contribution < -0.4 is 4.74 Å². The molecular weight excluding hydrogens is 237 g/mol. The zero-order valence-corrected chi connectivity index (χ0v) is 8.66. The third kappa shape index (κ3) is 2.89. The Labute approximate surface area is 95.1 Å². The minimum absolute atomic E-state index is 0.299. The minimum Gasteiger partial charge on any atom is -0.465 e. The second-order valence-corrected chi connectivity index (χ2v) is 3.63. The molecule has 3 nitrogen and oxygen atoms in total. The average Bonchev–Trinajstić information content (AvgIpc) is 2.62. The molecule has 2 rings (SSSR count). The van der Waals surface area contributed by atoms with Crippen molar-refractivity contribution in [1.82, 2.24) is 0 Å². The number of halogens is 3. The molecule has 1 aliphatic rings. The standard InChI is InChI=1S/C11H9F3O3/c12-11(13,14)17-8-3-1-2-7(6-8)9-4-5-16-10(9)15/h1-3,6,9H,4-5H2. The Morgan fingerprint density at radius 2 is 2.12 bits per heavy atom. The van der Waals surface area contributed by atoms with Gasteiger partial charge >= 0.3 is 12.3 Å². The Morgan fingerprint density at radius 1 is 1.35 bits per heavy atom. The molecule has 1 fully saturated rings. The fourth-order valence-corrected chi connectivity index (χ4v) is 1.73. The van der Waals surface area contributed by atoms with Crippen LogP contribution in [-0.4, -0.2) is 18.9 Å². The van der Waals surface area contributed by atoms with Gasteiger partial charge in [0.1, 0.15) is 5.75 Å². The molecule has 1 aromatic rings. The van der Waals surface area contributed by atoms with E-state index >= 15 is 0 Å². The van der Waals surface area contributed by atoms with Gasteiger partial charge in [-0.25, -0.2) is 0 Å². The smallest absolute Gasteiger partial charge is 0.465 e. The minimum atomic E-state index is -4.73. The van der Waals surface area contributed by atoms with Crippen LogP contribution in [-0.2, 0) is 9.53 Å². The lowest BCUT2D eigenvalue weighted by molar-refractivity contribution is -0.274. The van der Waals surface area contributed by atoms with Crippen molar-refractivity contribution in [3.05, 3.63) is 29.8 Å². The summed E-state index contributed by atoms with van der Waals surface area (Å²) in [6.07, 6.45) is -4.25. The Kier molecular flexibility index (Phi) is 2.95. The summed E-state index contributed by atoms with van der Waals surface area (Å²) in [4.78, 5) is 11.3. The van der Waals surface area contributed by atoms with Gasteiger partial charge in [-0.2, -0.15) is 0 Å². The van der Waals surface area contributed by atoms with Gasteiger partial charge in [0.15, 0.2) is 0 Å². The first-order chi connectivity index (χ1) is 7.96. The Bertz CT molecular complexity index is 428. The second kappa shape index (κ2) is 4.27. The summed E-state index contributed by atoms with van der Waals surface area (Å²) in [6, 6.07) is 5.41. The van der Waals surface area contributed by atoms with Crippen LogP contribution in [0.15, 0.2) is 24.3 Å². The van der Waals surface area contributed by atoms with Gasteiger partial charge in [0.2, 0.25) is 0 Å². The third-order valence-corrected chi connectivity index (χ3v) is 2.43. The van der Waals surface area contributed by atoms with E-state index in [-0.39, 0.29) is 5.75 Å². The van der Waals surface area contributed by atoms with Crippen molar-refractivity contribution >= 4 is 5.97 Å². The molecule has 1 aliphatic heterocycles. The van der Waals surface area contributed by atoms with Crippen molar-refractivity contribution in [1.29, 1.82) is 0 Å². The number of ether oxygens (including phenoxy) is 2. The number of hydrogen-bond acceptors (Lipinski definition) is 3. The summed E-state index contributed by atoms with van der Waals surface area (Å²) in [7, 11) is 0. The summed E-state index contributed by atoms with van der Waals surface area (Å²) in [6.45, 7) is 0.299. The number of esters is 1. The van der Waals surface area contributed by atoms with Crippen LogP contribution in [0.3, 0.4) is 0 Å². The van der Waals surface area contributed by atoms with E-state index in [1.807, 2.05) is 0 Å². The zero-order chi connectivity index (χ0) is 12.5. The van der Waals surface area contributed by atoms with E-state index in [4.69, 9.17) is 4.74 Å². The molecule has 1 unspecified atom stereocenters. The fraction of sp³-hybridized carbons (Fsp3) is 0.364. The lowest BCUT2D eigenvalue weighted by atomic mass is 9.98. The van der Waals surface area contributed by atoms with Crippen LogP contribution in [0.25, 0.3) is 0 Å². The van der Waals surface area contributed by atoms with Gasteiger partial charge in [0.25, 0.3) is 0 Å². The summed E-state index contributed by atoms with van der Waals surface area (Å²) >= 11 is 0. The van der Waals surface area contributed by atoms with Crippen molar-refractivity contribution in [2.45, 2.75) is 18.7 Å². The van der Waals surface area contributed by atoms with Gasteiger partial charge in [-0.05, 0) is 24.1 Å². The predicted molar refractivity (Wildman–Crippen MR) is 51.4 cm³/mol. The Morgan fingerprint density at radius 3 is 2.71 bits per heavy atom. The molecule has 6 heteroatoms. The number of benzene rings is 1. The maximum absolute atomic E-state index is 12.0. The number of hydrogen-bond donors (Lipinski definition) is 0. The zero-order valence-electron chi connectivity index (χ0n) is 8.66. The van der Waals surface area contributed by atoms with Gasteiger partial charge in [0, 0.05) is 0 Å². The van der Waals surface area contributed by atoms with Gasteiger partial charge in [0.05, 0.1) is 12.5 Å². The Hall–Kier alpha value is -1.72. The highest BCUT2D eigenvalue weighted by Crippen LogP contribution is 2.30. The number of carbonyl (C=O) groups excluding carboxylic acids is 1. The van der Waals surface area contributed by atoms with E-state index < -0.39 is 18.2 Å². The molecule has 0 aliphatic carbocycles. The highest BCUT2D eigenvalue weighted by molar-refractivity contribution is 5.79. The van der Waals surface area contributed by atoms with E-state index in [9.17, 15) is 18.0 Å². The normalized spacial score (nSPS) is 20.2. The van der Waals surface area contributed by atoms with Crippen LogP contribution in [0.1, 0.15) is 17.9 Å². The first-order valence-electron chi connectivity index (χ1n) is 4.98. The molecule has 0 bridgehead atoms. The summed E-state index contributed by atoms with van der Waals surface area (Å²) in [5, 5.41) is 0. The van der Waals surface area contributed by atoms with Crippen molar-refractivity contribution in [2.75, 3.05) is 6.61 Å². The molecule has 0 spiro atoms. The largest absolute Gasteiger partial charge is 0.573 e. The van der Waals surface area contributed by atoms with Crippen molar-refractivity contribution < 1.29 is 27.4 Å². The highest BCUT2D eigenvalue weighted by atomic mass is 19.4. The number of carbonyl (C=O) groups is 1. The molecule has 0 aromatic heterocycles. The average molecular weight is 246 g/mol. The van der Waals surface area contributed by atoms with Crippen molar-refractivity contribution in [3.8, 4) is 5.75 Å². The number of cyclic esters (lactones) is 1. The molecule has 0 amide bonds. The number of rotatable bonds is 2. The van der Waals surface area contributed by atoms with Crippen LogP contribution in [0.5, 0.6) is 5.75 Å². The maximum atomic E-state index is 12.0. The molecule has 92 valence electrons. The lowest BCUT2D eigenvalue weighted by Gasteiger charge is -2.11. The second-order valence-electron chi connectivity index (χ2n) is 3.63. The van der Waals surface area contributed by atoms with Crippen LogP contribution in [0, 0.1) is 0 Å². The van der Waals surface area contributed by atoms with Crippen LogP contribution in [0.2, 0.25) is 0 Å². The lowest BCUT2D eigenvalue weighted by Crippen LogP contribution is -2.17. The summed E-state index contributed by atoms with van der Waals surface area (Å²) in [5.74, 6) is -1.23. The Balaban J connectivity index is 2.19. The van der Waals surface area contributed by atoms with E-state index in [0.717, 1.165) is 0 Å². The fourth-order valence-electron chi connectivity index (χ4n) is 1.73. The van der Waals surface area contributed by atoms with E-state index in [1.54, 1.807) is 6.07 Å². The SMILES string of the molecule is O=C1OCCC1c1cccc(OC(F)(F)F)c1. The predicted octanol–water partition coefficient (Wildman–Crippen LogP) is 2.62. The monoisotopic (exact) mass is 246 g/mol. The summed E-state index contributed by atoms with van der Waals surface area (Å²) in [5.41, 5.74) is 0.481. The van der Waals surface area contributed by atoms with Gasteiger partial charge in [-0.1, -0.05) is 12.1 Å². The maximum Gasteiger partial charge on any atom is 0.573 e. The van der Waals surface area contributed by atoms with E-state index in [2.05, 4.69) is 4.74 Å². The van der Waals surface area contributed by atoms with Crippen molar-refractivity contribution in [2.24, 2.45) is 0 Å². The van der Waals surface area contributed by atoms with E-state index in [1.165, 1.54) is 18.2 Å².